The van der Waals surface area contributed by atoms with Crippen molar-refractivity contribution in [3.05, 3.63) is 0 Å². The van der Waals surface area contributed by atoms with Gasteiger partial charge in [0.2, 0.25) is 0 Å². The minimum absolute atomic E-state index is 1.11. The van der Waals surface area contributed by atoms with E-state index in [0.29, 0.717) is 0 Å². The van der Waals surface area contributed by atoms with E-state index in [2.05, 4.69) is 6.92 Å². The monoisotopic (exact) mass is 122 g/mol. The first-order valence-corrected chi connectivity index (χ1v) is 4.38. The van der Waals surface area contributed by atoms with Crippen molar-refractivity contribution in [1.82, 2.24) is 0 Å². The lowest BCUT2D eigenvalue weighted by Crippen LogP contribution is -2.62. The average Bonchev–Trinajstić information content (AvgIpc) is 1.79. The van der Waals surface area contributed by atoms with Crippen LogP contribution in [0, 0.1) is 29.6 Å². The zero-order chi connectivity index (χ0) is 6.01. The SMILES string of the molecule is C[C@@H]1C[C@@H]2[C@H]3CC[C@H]3[C@@H]21. The Morgan fingerprint density at radius 3 is 2.11 bits per heavy atom. The molecule has 0 N–H and O–H groups in total. The van der Waals surface area contributed by atoms with Gasteiger partial charge >= 0.3 is 0 Å². The largest absolute Gasteiger partial charge is 0.0622 e. The van der Waals surface area contributed by atoms with Crippen LogP contribution in [-0.4, -0.2) is 0 Å². The van der Waals surface area contributed by atoms with Crippen LogP contribution in [0.1, 0.15) is 26.2 Å². The van der Waals surface area contributed by atoms with Gasteiger partial charge < -0.3 is 0 Å². The van der Waals surface area contributed by atoms with Crippen molar-refractivity contribution >= 4 is 0 Å². The molecule has 0 radical (unpaired) electrons. The van der Waals surface area contributed by atoms with Gasteiger partial charge in [-0.1, -0.05) is 6.92 Å². The Morgan fingerprint density at radius 1 is 1.00 bits per heavy atom. The number of rotatable bonds is 0. The molecule has 3 aliphatic rings. The average molecular weight is 122 g/mol. The molecule has 50 valence electrons. The zero-order valence-corrected chi connectivity index (χ0v) is 6.01. The van der Waals surface area contributed by atoms with Crippen LogP contribution in [0.2, 0.25) is 0 Å². The van der Waals surface area contributed by atoms with E-state index < -0.39 is 0 Å². The highest BCUT2D eigenvalue weighted by atomic mass is 14.7. The predicted octanol–water partition coefficient (Wildman–Crippen LogP) is 2.30. The van der Waals surface area contributed by atoms with Crippen molar-refractivity contribution < 1.29 is 0 Å². The Kier molecular flexibility index (Phi) is 0.640. The molecule has 9 heavy (non-hydrogen) atoms. The molecule has 3 fully saturated rings. The lowest BCUT2D eigenvalue weighted by Gasteiger charge is -2.69. The van der Waals surface area contributed by atoms with Crippen molar-refractivity contribution in [1.29, 1.82) is 0 Å². The van der Waals surface area contributed by atoms with Crippen molar-refractivity contribution in [2.45, 2.75) is 26.2 Å². The molecule has 0 unspecified atom stereocenters. The summed E-state index contributed by atoms with van der Waals surface area (Å²) < 4.78 is 0. The summed E-state index contributed by atoms with van der Waals surface area (Å²) >= 11 is 0. The van der Waals surface area contributed by atoms with E-state index in [9.17, 15) is 0 Å². The van der Waals surface area contributed by atoms with Crippen LogP contribution in [0.4, 0.5) is 0 Å². The second kappa shape index (κ2) is 1.21. The minimum atomic E-state index is 1.11. The topological polar surface area (TPSA) is 0 Å². The van der Waals surface area contributed by atoms with E-state index in [1.807, 2.05) is 0 Å². The van der Waals surface area contributed by atoms with E-state index >= 15 is 0 Å². The second-order valence-electron chi connectivity index (χ2n) is 4.36. The molecule has 0 saturated heterocycles. The molecule has 3 rings (SSSR count). The molecule has 0 spiro atoms. The van der Waals surface area contributed by atoms with Crippen molar-refractivity contribution in [3.63, 3.8) is 0 Å². The highest BCUT2D eigenvalue weighted by Gasteiger charge is 2.62. The molecule has 5 atom stereocenters. The van der Waals surface area contributed by atoms with Crippen molar-refractivity contribution in [3.8, 4) is 0 Å². The lowest BCUT2D eigenvalue weighted by atomic mass is 9.36. The van der Waals surface area contributed by atoms with E-state index in [0.717, 1.165) is 5.92 Å². The Bertz CT molecular complexity index is 144. The summed E-state index contributed by atoms with van der Waals surface area (Å²) in [6, 6.07) is 0. The number of hydrogen-bond acceptors (Lipinski definition) is 0. The van der Waals surface area contributed by atoms with Crippen molar-refractivity contribution in [2.24, 2.45) is 29.6 Å². The molecule has 0 aromatic heterocycles. The Morgan fingerprint density at radius 2 is 1.78 bits per heavy atom. The van der Waals surface area contributed by atoms with Gasteiger partial charge in [0.15, 0.2) is 0 Å². The Labute approximate surface area is 56.6 Å². The summed E-state index contributed by atoms with van der Waals surface area (Å²) in [5, 5.41) is 0. The fourth-order valence-corrected chi connectivity index (χ4v) is 3.58. The molecular weight excluding hydrogens is 108 g/mol. The fraction of sp³-hybridized carbons (Fsp3) is 1.00. The molecule has 3 saturated carbocycles. The van der Waals surface area contributed by atoms with Crippen LogP contribution in [0.25, 0.3) is 0 Å². The smallest absolute Gasteiger partial charge is 0.0326 e. The van der Waals surface area contributed by atoms with Gasteiger partial charge in [-0.2, -0.15) is 0 Å². The van der Waals surface area contributed by atoms with E-state index in [1.54, 1.807) is 19.3 Å². The molecule has 0 heteroatoms. The minimum Gasteiger partial charge on any atom is -0.0622 e. The molecule has 0 heterocycles. The normalized spacial score (nSPS) is 68.3. The third kappa shape index (κ3) is 0.342. The third-order valence-electron chi connectivity index (χ3n) is 4.22. The summed E-state index contributed by atoms with van der Waals surface area (Å²) in [6.07, 6.45) is 4.74. The van der Waals surface area contributed by atoms with Gasteiger partial charge in [-0.05, 0) is 48.9 Å². The third-order valence-corrected chi connectivity index (χ3v) is 4.22. The molecule has 0 amide bonds. The molecule has 3 aliphatic carbocycles. The van der Waals surface area contributed by atoms with Gasteiger partial charge in [-0.15, -0.1) is 0 Å². The molecule has 0 aromatic rings. The maximum absolute atomic E-state index is 2.44. The molecule has 0 bridgehead atoms. The first kappa shape index (κ1) is 4.76. The van der Waals surface area contributed by atoms with Crippen LogP contribution in [0.15, 0.2) is 0 Å². The molecule has 0 aliphatic heterocycles. The van der Waals surface area contributed by atoms with Gasteiger partial charge in [0.1, 0.15) is 0 Å². The molecule has 0 aromatic carbocycles. The van der Waals surface area contributed by atoms with Gasteiger partial charge in [0, 0.05) is 0 Å². The quantitative estimate of drug-likeness (QED) is 0.462. The van der Waals surface area contributed by atoms with Crippen molar-refractivity contribution in [2.75, 3.05) is 0 Å². The van der Waals surface area contributed by atoms with E-state index in [4.69, 9.17) is 0 Å². The van der Waals surface area contributed by atoms with E-state index in [1.165, 1.54) is 23.7 Å². The van der Waals surface area contributed by atoms with Crippen LogP contribution < -0.4 is 0 Å². The zero-order valence-electron chi connectivity index (χ0n) is 6.01. The van der Waals surface area contributed by atoms with E-state index in [-0.39, 0.29) is 0 Å². The van der Waals surface area contributed by atoms with Gasteiger partial charge in [0.05, 0.1) is 0 Å². The second-order valence-corrected chi connectivity index (χ2v) is 4.36. The van der Waals surface area contributed by atoms with Crippen LogP contribution in [0.5, 0.6) is 0 Å². The van der Waals surface area contributed by atoms with Crippen LogP contribution in [0.3, 0.4) is 0 Å². The number of fused-ring (bicyclic) bond motifs is 4. The maximum Gasteiger partial charge on any atom is -0.0326 e. The van der Waals surface area contributed by atoms with Gasteiger partial charge in [-0.25, -0.2) is 0 Å². The predicted molar refractivity (Wildman–Crippen MR) is 37.0 cm³/mol. The lowest BCUT2D eigenvalue weighted by molar-refractivity contribution is -0.200. The summed E-state index contributed by atoms with van der Waals surface area (Å²) in [5.74, 6) is 5.99. The highest BCUT2D eigenvalue weighted by molar-refractivity contribution is 5.10. The van der Waals surface area contributed by atoms with Crippen LogP contribution in [-0.2, 0) is 0 Å². The standard InChI is InChI=1S/C9H14/c1-5-4-8-6-2-3-7(6)9(5)8/h5-9H,2-4H2,1H3/t5-,6+,7-,8-,9+/m1/s1. The fourth-order valence-electron chi connectivity index (χ4n) is 3.58. The summed E-state index contributed by atoms with van der Waals surface area (Å²) in [5.41, 5.74) is 0. The van der Waals surface area contributed by atoms with Gasteiger partial charge in [-0.3, -0.25) is 0 Å². The highest BCUT2D eigenvalue weighted by Crippen LogP contribution is 2.69. The first-order chi connectivity index (χ1) is 4.38. The summed E-state index contributed by atoms with van der Waals surface area (Å²) in [7, 11) is 0. The molecule has 0 nitrogen and oxygen atoms in total. The molecular formula is C9H14. The maximum atomic E-state index is 2.44. The summed E-state index contributed by atoms with van der Waals surface area (Å²) in [4.78, 5) is 0. The first-order valence-electron chi connectivity index (χ1n) is 4.38. The van der Waals surface area contributed by atoms with Gasteiger partial charge in [0.25, 0.3) is 0 Å². The Hall–Kier alpha value is 0. The Balaban J connectivity index is 1.82. The summed E-state index contributed by atoms with van der Waals surface area (Å²) in [6.45, 7) is 2.44. The number of hydrogen-bond donors (Lipinski definition) is 0. The van der Waals surface area contributed by atoms with Crippen LogP contribution >= 0.6 is 0 Å².